The van der Waals surface area contributed by atoms with Crippen LogP contribution in [0, 0.1) is 11.6 Å². The molecule has 0 radical (unpaired) electrons. The molecule has 3 aromatic rings. The van der Waals surface area contributed by atoms with Gasteiger partial charge in [0, 0.05) is 29.7 Å². The van der Waals surface area contributed by atoms with Crippen LogP contribution in [0.3, 0.4) is 0 Å². The Hall–Kier alpha value is -3.02. The number of anilines is 2. The van der Waals surface area contributed by atoms with Crippen LogP contribution in [0.5, 0.6) is 0 Å². The molecule has 26 heavy (non-hydrogen) atoms. The second-order valence-electron chi connectivity index (χ2n) is 6.36. The van der Waals surface area contributed by atoms with Gasteiger partial charge in [0.25, 0.3) is 5.91 Å². The van der Waals surface area contributed by atoms with Gasteiger partial charge in [-0.2, -0.15) is 0 Å². The Morgan fingerprint density at radius 3 is 2.62 bits per heavy atom. The fraction of sp³-hybridized carbons (Fsp3) is 0.200. The second kappa shape index (κ2) is 6.71. The van der Waals surface area contributed by atoms with Gasteiger partial charge in [0.2, 0.25) is 0 Å². The molecule has 0 bridgehead atoms. The molecule has 0 saturated carbocycles. The summed E-state index contributed by atoms with van der Waals surface area (Å²) < 4.78 is 27.8. The van der Waals surface area contributed by atoms with Crippen molar-refractivity contribution < 1.29 is 13.6 Å². The summed E-state index contributed by atoms with van der Waals surface area (Å²) in [6, 6.07) is 11.9. The smallest absolute Gasteiger partial charge is 0.255 e. The number of carbonyl (C=O) groups excluding carboxylic acids is 1. The minimum absolute atomic E-state index is 0.174. The number of fused-ring (bicyclic) bond motifs is 1. The minimum atomic E-state index is -0.502. The highest BCUT2D eigenvalue weighted by molar-refractivity contribution is 6.05. The standard InChI is InChI=1S/C20H17F2N3O/c21-15-5-3-4-14(10-15)20(26)23-16-11-13-6-7-18(25-8-1-2-9-25)24-19(13)17(22)12-16/h3-7,10-12H,1-2,8-9H2,(H,23,26). The van der Waals surface area contributed by atoms with Crippen LogP contribution in [-0.4, -0.2) is 24.0 Å². The number of aromatic nitrogens is 1. The van der Waals surface area contributed by atoms with Crippen molar-refractivity contribution in [2.45, 2.75) is 12.8 Å². The lowest BCUT2D eigenvalue weighted by Crippen LogP contribution is -2.18. The Morgan fingerprint density at radius 1 is 1.04 bits per heavy atom. The quantitative estimate of drug-likeness (QED) is 0.761. The van der Waals surface area contributed by atoms with Crippen molar-refractivity contribution in [3.63, 3.8) is 0 Å². The molecule has 1 saturated heterocycles. The maximum absolute atomic E-state index is 14.5. The van der Waals surface area contributed by atoms with Gasteiger partial charge in [-0.05, 0) is 55.3 Å². The molecule has 1 aromatic heterocycles. The Balaban J connectivity index is 1.62. The molecular weight excluding hydrogens is 336 g/mol. The fourth-order valence-corrected chi connectivity index (χ4v) is 3.21. The molecule has 2 aromatic carbocycles. The third-order valence-corrected chi connectivity index (χ3v) is 4.51. The predicted octanol–water partition coefficient (Wildman–Crippen LogP) is 4.37. The van der Waals surface area contributed by atoms with Gasteiger partial charge in [0.1, 0.15) is 17.2 Å². The molecule has 1 amide bonds. The van der Waals surface area contributed by atoms with E-state index in [1.54, 1.807) is 12.1 Å². The van der Waals surface area contributed by atoms with Gasteiger partial charge >= 0.3 is 0 Å². The monoisotopic (exact) mass is 353 g/mol. The molecule has 1 aliphatic heterocycles. The molecule has 1 N–H and O–H groups in total. The molecule has 1 fully saturated rings. The second-order valence-corrected chi connectivity index (χ2v) is 6.36. The number of nitrogens with one attached hydrogen (secondary N) is 1. The highest BCUT2D eigenvalue weighted by Gasteiger charge is 2.16. The molecular formula is C20H17F2N3O. The van der Waals surface area contributed by atoms with Crippen LogP contribution in [-0.2, 0) is 0 Å². The van der Waals surface area contributed by atoms with Gasteiger partial charge in [0.05, 0.1) is 0 Å². The first-order valence-corrected chi connectivity index (χ1v) is 8.52. The van der Waals surface area contributed by atoms with Gasteiger partial charge in [-0.1, -0.05) is 6.07 Å². The zero-order valence-electron chi connectivity index (χ0n) is 14.0. The summed E-state index contributed by atoms with van der Waals surface area (Å²) in [7, 11) is 0. The number of carbonyl (C=O) groups is 1. The lowest BCUT2D eigenvalue weighted by atomic mass is 10.1. The van der Waals surface area contributed by atoms with E-state index in [4.69, 9.17) is 0 Å². The maximum atomic E-state index is 14.5. The van der Waals surface area contributed by atoms with Gasteiger partial charge in [-0.15, -0.1) is 0 Å². The van der Waals surface area contributed by atoms with E-state index < -0.39 is 17.5 Å². The summed E-state index contributed by atoms with van der Waals surface area (Å²) in [6.07, 6.45) is 2.24. The largest absolute Gasteiger partial charge is 0.357 e. The number of rotatable bonds is 3. The first-order chi connectivity index (χ1) is 12.6. The summed E-state index contributed by atoms with van der Waals surface area (Å²) in [5, 5.41) is 3.20. The van der Waals surface area contributed by atoms with Gasteiger partial charge in [0.15, 0.2) is 5.82 Å². The average molecular weight is 353 g/mol. The molecule has 2 heterocycles. The highest BCUT2D eigenvalue weighted by Crippen LogP contribution is 2.26. The van der Waals surface area contributed by atoms with Crippen molar-refractivity contribution in [3.8, 4) is 0 Å². The summed E-state index contributed by atoms with van der Waals surface area (Å²) in [4.78, 5) is 18.8. The Kier molecular flexibility index (Phi) is 4.24. The molecule has 132 valence electrons. The molecule has 0 atom stereocenters. The van der Waals surface area contributed by atoms with Crippen LogP contribution in [0.4, 0.5) is 20.3 Å². The normalized spacial score (nSPS) is 14.0. The number of benzene rings is 2. The van der Waals surface area contributed by atoms with Crippen LogP contribution in [0.1, 0.15) is 23.2 Å². The first-order valence-electron chi connectivity index (χ1n) is 8.52. The van der Waals surface area contributed by atoms with Crippen molar-refractivity contribution in [2.24, 2.45) is 0 Å². The molecule has 1 aliphatic rings. The summed E-state index contributed by atoms with van der Waals surface area (Å²) >= 11 is 0. The molecule has 4 nitrogen and oxygen atoms in total. The topological polar surface area (TPSA) is 45.2 Å². The Morgan fingerprint density at radius 2 is 1.85 bits per heavy atom. The van der Waals surface area contributed by atoms with Crippen molar-refractivity contribution in [1.29, 1.82) is 0 Å². The van der Waals surface area contributed by atoms with Crippen LogP contribution < -0.4 is 10.2 Å². The van der Waals surface area contributed by atoms with Crippen molar-refractivity contribution in [1.82, 2.24) is 4.98 Å². The van der Waals surface area contributed by atoms with E-state index in [1.165, 1.54) is 24.3 Å². The van der Waals surface area contributed by atoms with E-state index >= 15 is 0 Å². The van der Waals surface area contributed by atoms with Gasteiger partial charge in [-0.25, -0.2) is 13.8 Å². The highest BCUT2D eigenvalue weighted by atomic mass is 19.1. The van der Waals surface area contributed by atoms with Crippen LogP contribution in [0.2, 0.25) is 0 Å². The molecule has 4 rings (SSSR count). The Bertz CT molecular complexity index is 984. The van der Waals surface area contributed by atoms with E-state index in [1.807, 2.05) is 6.07 Å². The lowest BCUT2D eigenvalue weighted by Gasteiger charge is -2.17. The Labute approximate surface area is 149 Å². The van der Waals surface area contributed by atoms with Crippen molar-refractivity contribution in [3.05, 3.63) is 65.7 Å². The fourth-order valence-electron chi connectivity index (χ4n) is 3.21. The van der Waals surface area contributed by atoms with Gasteiger partial charge < -0.3 is 10.2 Å². The molecule has 0 unspecified atom stereocenters. The van der Waals surface area contributed by atoms with Crippen LogP contribution in [0.15, 0.2) is 48.5 Å². The third kappa shape index (κ3) is 3.22. The summed E-state index contributed by atoms with van der Waals surface area (Å²) in [5.41, 5.74) is 0.756. The van der Waals surface area contributed by atoms with E-state index in [2.05, 4.69) is 15.2 Å². The first kappa shape index (κ1) is 16.4. The number of pyridine rings is 1. The maximum Gasteiger partial charge on any atom is 0.255 e. The number of hydrogen-bond acceptors (Lipinski definition) is 3. The van der Waals surface area contributed by atoms with Gasteiger partial charge in [-0.3, -0.25) is 4.79 Å². The summed E-state index contributed by atoms with van der Waals surface area (Å²) in [6.45, 7) is 1.86. The number of halogens is 2. The van der Waals surface area contributed by atoms with Crippen LogP contribution >= 0.6 is 0 Å². The van der Waals surface area contributed by atoms with Crippen molar-refractivity contribution >= 4 is 28.3 Å². The van der Waals surface area contributed by atoms with Crippen LogP contribution in [0.25, 0.3) is 10.9 Å². The van der Waals surface area contributed by atoms with E-state index in [0.29, 0.717) is 11.1 Å². The number of amides is 1. The van der Waals surface area contributed by atoms with E-state index in [-0.39, 0.29) is 11.1 Å². The average Bonchev–Trinajstić information content (AvgIpc) is 3.16. The van der Waals surface area contributed by atoms with E-state index in [0.717, 1.165) is 37.8 Å². The zero-order chi connectivity index (χ0) is 18.1. The third-order valence-electron chi connectivity index (χ3n) is 4.51. The van der Waals surface area contributed by atoms with E-state index in [9.17, 15) is 13.6 Å². The number of hydrogen-bond donors (Lipinski definition) is 1. The lowest BCUT2D eigenvalue weighted by molar-refractivity contribution is 0.102. The van der Waals surface area contributed by atoms with Crippen molar-refractivity contribution in [2.75, 3.05) is 23.3 Å². The predicted molar refractivity (Wildman–Crippen MR) is 97.5 cm³/mol. The molecule has 0 spiro atoms. The molecule has 0 aliphatic carbocycles. The number of nitrogens with zero attached hydrogens (tertiary/aromatic N) is 2. The summed E-state index contributed by atoms with van der Waals surface area (Å²) in [5.74, 6) is -0.727. The SMILES string of the molecule is O=C(Nc1cc(F)c2nc(N3CCCC3)ccc2c1)c1cccc(F)c1. The zero-order valence-corrected chi connectivity index (χ0v) is 14.0. The molecule has 6 heteroatoms. The minimum Gasteiger partial charge on any atom is -0.357 e.